The molecular formula is C10H5BrIN3O4. The molecule has 0 unspecified atom stereocenters. The molecule has 19 heavy (non-hydrogen) atoms. The van der Waals surface area contributed by atoms with Gasteiger partial charge in [-0.1, -0.05) is 6.07 Å². The van der Waals surface area contributed by atoms with Crippen molar-refractivity contribution < 1.29 is 9.66 Å². The molecule has 2 aromatic rings. The van der Waals surface area contributed by atoms with E-state index >= 15 is 0 Å². The summed E-state index contributed by atoms with van der Waals surface area (Å²) in [6, 6.07) is 4.42. The van der Waals surface area contributed by atoms with Crippen LogP contribution < -0.4 is 10.3 Å². The van der Waals surface area contributed by atoms with Crippen LogP contribution in [0.15, 0.2) is 33.8 Å². The number of halogens is 2. The maximum absolute atomic E-state index is 11.4. The summed E-state index contributed by atoms with van der Waals surface area (Å²) in [7, 11) is 0. The molecule has 0 saturated carbocycles. The zero-order valence-electron chi connectivity index (χ0n) is 9.09. The molecule has 1 heterocycles. The van der Waals surface area contributed by atoms with Gasteiger partial charge >= 0.3 is 5.69 Å². The monoisotopic (exact) mass is 437 g/mol. The van der Waals surface area contributed by atoms with E-state index in [2.05, 4.69) is 25.9 Å². The van der Waals surface area contributed by atoms with Crippen LogP contribution in [0.2, 0.25) is 0 Å². The van der Waals surface area contributed by atoms with Crippen LogP contribution >= 0.6 is 38.5 Å². The molecule has 0 radical (unpaired) electrons. The van der Waals surface area contributed by atoms with E-state index in [9.17, 15) is 14.9 Å². The Balaban J connectivity index is 2.52. The maximum atomic E-state index is 11.4. The Labute approximate surface area is 128 Å². The number of benzene rings is 1. The quantitative estimate of drug-likeness (QED) is 0.452. The van der Waals surface area contributed by atoms with Crippen molar-refractivity contribution in [3.05, 3.63) is 53.0 Å². The number of nitro benzene ring substituents is 1. The molecule has 1 aromatic heterocycles. The molecule has 98 valence electrons. The van der Waals surface area contributed by atoms with Crippen LogP contribution in [-0.4, -0.2) is 14.9 Å². The van der Waals surface area contributed by atoms with E-state index in [1.165, 1.54) is 18.5 Å². The van der Waals surface area contributed by atoms with Crippen LogP contribution in [0.3, 0.4) is 0 Å². The van der Waals surface area contributed by atoms with Crippen molar-refractivity contribution in [3.8, 4) is 11.6 Å². The fourth-order valence-corrected chi connectivity index (χ4v) is 2.12. The lowest BCUT2D eigenvalue weighted by Crippen LogP contribution is -2.11. The average Bonchev–Trinajstić information content (AvgIpc) is 2.36. The Morgan fingerprint density at radius 2 is 2.21 bits per heavy atom. The summed E-state index contributed by atoms with van der Waals surface area (Å²) in [6.07, 6.45) is 1.17. The Morgan fingerprint density at radius 1 is 1.47 bits per heavy atom. The first-order chi connectivity index (χ1) is 9.00. The topological polar surface area (TPSA) is 98.1 Å². The van der Waals surface area contributed by atoms with Crippen LogP contribution in [0, 0.1) is 13.7 Å². The first kappa shape index (κ1) is 13.9. The standard InChI is InChI=1S/C10H5BrIN3O4/c11-5-2-1-3-6(15(17)18)8(5)19-10-7(12)9(16)13-4-14-10/h1-4H,(H,13,14,16). The molecule has 1 N–H and O–H groups in total. The lowest BCUT2D eigenvalue weighted by atomic mass is 10.3. The summed E-state index contributed by atoms with van der Waals surface area (Å²) in [5, 5.41) is 10.9. The highest BCUT2D eigenvalue weighted by Gasteiger charge is 2.20. The molecule has 0 saturated heterocycles. The van der Waals surface area contributed by atoms with Crippen molar-refractivity contribution in [1.82, 2.24) is 9.97 Å². The van der Waals surface area contributed by atoms with Crippen molar-refractivity contribution in [1.29, 1.82) is 0 Å². The summed E-state index contributed by atoms with van der Waals surface area (Å²) in [6.45, 7) is 0. The molecule has 0 bridgehead atoms. The van der Waals surface area contributed by atoms with Crippen LogP contribution in [0.5, 0.6) is 11.6 Å². The van der Waals surface area contributed by atoms with Gasteiger partial charge in [0.1, 0.15) is 3.57 Å². The van der Waals surface area contributed by atoms with Crippen LogP contribution in [-0.2, 0) is 0 Å². The first-order valence-corrected chi connectivity index (χ1v) is 6.72. The predicted molar refractivity (Wildman–Crippen MR) is 78.4 cm³/mol. The number of nitrogens with one attached hydrogen (secondary N) is 1. The molecule has 0 fully saturated rings. The van der Waals surface area contributed by atoms with Crippen LogP contribution in [0.25, 0.3) is 0 Å². The smallest absolute Gasteiger partial charge is 0.312 e. The second kappa shape index (κ2) is 5.65. The number of aromatic nitrogens is 2. The van der Waals surface area contributed by atoms with Crippen molar-refractivity contribution in [2.45, 2.75) is 0 Å². The maximum Gasteiger partial charge on any atom is 0.312 e. The Bertz CT molecular complexity index is 703. The Kier molecular flexibility index (Phi) is 4.14. The van der Waals surface area contributed by atoms with Gasteiger partial charge in [0.15, 0.2) is 0 Å². The zero-order chi connectivity index (χ0) is 14.0. The second-order valence-electron chi connectivity index (χ2n) is 3.30. The van der Waals surface area contributed by atoms with Gasteiger partial charge in [0.05, 0.1) is 15.7 Å². The molecule has 0 aliphatic rings. The van der Waals surface area contributed by atoms with E-state index in [-0.39, 0.29) is 26.4 Å². The molecular weight excluding hydrogens is 433 g/mol. The molecule has 0 spiro atoms. The van der Waals surface area contributed by atoms with Gasteiger partial charge in [-0.25, -0.2) is 4.98 Å². The fraction of sp³-hybridized carbons (Fsp3) is 0. The molecule has 0 atom stereocenters. The lowest BCUT2D eigenvalue weighted by molar-refractivity contribution is -0.385. The van der Waals surface area contributed by atoms with Gasteiger partial charge < -0.3 is 9.72 Å². The van der Waals surface area contributed by atoms with E-state index in [4.69, 9.17) is 4.74 Å². The second-order valence-corrected chi connectivity index (χ2v) is 5.23. The lowest BCUT2D eigenvalue weighted by Gasteiger charge is -2.07. The summed E-state index contributed by atoms with van der Waals surface area (Å²) in [4.78, 5) is 28.0. The third-order valence-electron chi connectivity index (χ3n) is 2.11. The Hall–Kier alpha value is -1.49. The minimum atomic E-state index is -0.569. The molecule has 0 aliphatic carbocycles. The van der Waals surface area contributed by atoms with Gasteiger partial charge in [-0.2, -0.15) is 0 Å². The van der Waals surface area contributed by atoms with E-state index in [1.807, 2.05) is 0 Å². The highest BCUT2D eigenvalue weighted by molar-refractivity contribution is 14.1. The Morgan fingerprint density at radius 3 is 2.89 bits per heavy atom. The van der Waals surface area contributed by atoms with Gasteiger partial charge in [-0.05, 0) is 44.6 Å². The summed E-state index contributed by atoms with van der Waals surface area (Å²) >= 11 is 4.93. The van der Waals surface area contributed by atoms with E-state index < -0.39 is 4.92 Å². The minimum absolute atomic E-state index is 0.00326. The third kappa shape index (κ3) is 2.92. The predicted octanol–water partition coefficient (Wildman–Crippen LogP) is 2.84. The fourth-order valence-electron chi connectivity index (χ4n) is 1.28. The molecule has 1 aromatic carbocycles. The van der Waals surface area contributed by atoms with Crippen molar-refractivity contribution in [3.63, 3.8) is 0 Å². The molecule has 2 rings (SSSR count). The number of hydrogen-bond donors (Lipinski definition) is 1. The minimum Gasteiger partial charge on any atom is -0.429 e. The third-order valence-corrected chi connectivity index (χ3v) is 3.68. The van der Waals surface area contributed by atoms with E-state index in [1.54, 1.807) is 28.7 Å². The van der Waals surface area contributed by atoms with Crippen molar-refractivity contribution in [2.24, 2.45) is 0 Å². The molecule has 0 aliphatic heterocycles. The highest BCUT2D eigenvalue weighted by atomic mass is 127. The van der Waals surface area contributed by atoms with Crippen LogP contribution in [0.1, 0.15) is 0 Å². The van der Waals surface area contributed by atoms with Gasteiger partial charge in [-0.15, -0.1) is 0 Å². The molecule has 9 heteroatoms. The number of nitro groups is 1. The number of ether oxygens (including phenoxy) is 1. The van der Waals surface area contributed by atoms with Crippen molar-refractivity contribution in [2.75, 3.05) is 0 Å². The first-order valence-electron chi connectivity index (χ1n) is 4.84. The number of nitrogens with zero attached hydrogens (tertiary/aromatic N) is 2. The van der Waals surface area contributed by atoms with Crippen LogP contribution in [0.4, 0.5) is 5.69 Å². The average molecular weight is 438 g/mol. The normalized spacial score (nSPS) is 10.2. The largest absolute Gasteiger partial charge is 0.429 e. The van der Waals surface area contributed by atoms with E-state index in [0.29, 0.717) is 4.47 Å². The summed E-state index contributed by atoms with van der Waals surface area (Å²) in [5.74, 6) is 0.0165. The number of H-pyrrole nitrogens is 1. The van der Waals surface area contributed by atoms with Gasteiger partial charge in [0.25, 0.3) is 5.56 Å². The number of para-hydroxylation sites is 1. The van der Waals surface area contributed by atoms with Gasteiger partial charge in [0, 0.05) is 6.07 Å². The zero-order valence-corrected chi connectivity index (χ0v) is 12.8. The summed E-state index contributed by atoms with van der Waals surface area (Å²) < 4.78 is 6.00. The van der Waals surface area contributed by atoms with E-state index in [0.717, 1.165) is 0 Å². The van der Waals surface area contributed by atoms with Crippen molar-refractivity contribution >= 4 is 44.2 Å². The van der Waals surface area contributed by atoms with Gasteiger partial charge in [-0.3, -0.25) is 14.9 Å². The molecule has 7 nitrogen and oxygen atoms in total. The molecule has 0 amide bonds. The number of rotatable bonds is 3. The number of hydrogen-bond acceptors (Lipinski definition) is 5. The van der Waals surface area contributed by atoms with Gasteiger partial charge in [0.2, 0.25) is 11.6 Å². The highest BCUT2D eigenvalue weighted by Crippen LogP contribution is 2.37. The summed E-state index contributed by atoms with van der Waals surface area (Å²) in [5.41, 5.74) is -0.590. The SMILES string of the molecule is O=c1[nH]cnc(Oc2c(Br)cccc2[N+](=O)[O-])c1I. The number of aromatic amines is 1.